The molecule has 1 aromatic carbocycles. The molecular weight excluding hydrogens is 194 g/mol. The lowest BCUT2D eigenvalue weighted by molar-refractivity contribution is 0.155. The van der Waals surface area contributed by atoms with E-state index in [-0.39, 0.29) is 0 Å². The summed E-state index contributed by atoms with van der Waals surface area (Å²) in [5.74, 6) is 0.840. The second-order valence-corrected chi connectivity index (χ2v) is 3.12. The number of rotatable bonds is 5. The molecule has 15 heavy (non-hydrogen) atoms. The zero-order chi connectivity index (χ0) is 11.1. The van der Waals surface area contributed by atoms with Gasteiger partial charge in [0.25, 0.3) is 0 Å². The van der Waals surface area contributed by atoms with E-state index in [0.717, 1.165) is 18.6 Å². The second-order valence-electron chi connectivity index (χ2n) is 3.12. The van der Waals surface area contributed by atoms with Crippen molar-refractivity contribution in [3.05, 3.63) is 29.8 Å². The lowest BCUT2D eigenvalue weighted by Gasteiger charge is -2.03. The van der Waals surface area contributed by atoms with Crippen LogP contribution >= 0.6 is 0 Å². The summed E-state index contributed by atoms with van der Waals surface area (Å²) in [4.78, 5) is 10.3. The summed E-state index contributed by atoms with van der Waals surface area (Å²) >= 11 is 0. The Morgan fingerprint density at radius 1 is 1.33 bits per heavy atom. The first-order valence-electron chi connectivity index (χ1n) is 4.77. The van der Waals surface area contributed by atoms with Crippen LogP contribution < -0.4 is 10.5 Å². The third kappa shape index (κ3) is 4.35. The topological polar surface area (TPSA) is 61.6 Å². The molecule has 0 saturated carbocycles. The minimum atomic E-state index is -0.718. The largest absolute Gasteiger partial charge is 0.497 e. The van der Waals surface area contributed by atoms with E-state index in [1.54, 1.807) is 7.11 Å². The number of benzene rings is 1. The predicted octanol–water partition coefficient (Wildman–Crippen LogP) is 1.72. The van der Waals surface area contributed by atoms with Gasteiger partial charge in [-0.1, -0.05) is 12.1 Å². The van der Waals surface area contributed by atoms with Crippen LogP contribution in [0.5, 0.6) is 5.75 Å². The van der Waals surface area contributed by atoms with Crippen LogP contribution in [0.25, 0.3) is 0 Å². The molecule has 0 atom stereocenters. The fraction of sp³-hybridized carbons (Fsp3) is 0.364. The van der Waals surface area contributed by atoms with E-state index in [2.05, 4.69) is 4.74 Å². The molecule has 0 bridgehead atoms. The average Bonchev–Trinajstić information content (AvgIpc) is 2.25. The van der Waals surface area contributed by atoms with E-state index >= 15 is 0 Å². The van der Waals surface area contributed by atoms with Gasteiger partial charge in [0.1, 0.15) is 5.75 Å². The highest BCUT2D eigenvalue weighted by molar-refractivity contribution is 5.64. The Hall–Kier alpha value is -1.71. The summed E-state index contributed by atoms with van der Waals surface area (Å²) < 4.78 is 9.66. The van der Waals surface area contributed by atoms with Gasteiger partial charge >= 0.3 is 6.09 Å². The quantitative estimate of drug-likeness (QED) is 0.751. The number of carbonyl (C=O) groups excluding carboxylic acids is 1. The molecule has 0 fully saturated rings. The number of nitrogens with two attached hydrogens (primary N) is 1. The molecule has 0 spiro atoms. The molecule has 1 rings (SSSR count). The van der Waals surface area contributed by atoms with Crippen molar-refractivity contribution in [1.82, 2.24) is 0 Å². The van der Waals surface area contributed by atoms with Crippen molar-refractivity contribution in [2.75, 3.05) is 13.7 Å². The molecule has 1 amide bonds. The summed E-state index contributed by atoms with van der Waals surface area (Å²) in [6.07, 6.45) is 0.914. The number of primary amides is 1. The van der Waals surface area contributed by atoms with Gasteiger partial charge in [0.2, 0.25) is 0 Å². The molecule has 0 aliphatic heterocycles. The van der Waals surface area contributed by atoms with Crippen LogP contribution in [0.15, 0.2) is 24.3 Å². The van der Waals surface area contributed by atoms with Crippen molar-refractivity contribution < 1.29 is 14.3 Å². The Bertz CT molecular complexity index is 308. The van der Waals surface area contributed by atoms with Crippen LogP contribution in [0.2, 0.25) is 0 Å². The fourth-order valence-electron chi connectivity index (χ4n) is 1.24. The minimum absolute atomic E-state index is 0.362. The molecule has 0 aliphatic rings. The lowest BCUT2D eigenvalue weighted by Crippen LogP contribution is -2.13. The molecule has 0 aliphatic carbocycles. The van der Waals surface area contributed by atoms with Crippen molar-refractivity contribution in [3.8, 4) is 5.75 Å². The van der Waals surface area contributed by atoms with Crippen LogP contribution in [0.1, 0.15) is 12.0 Å². The van der Waals surface area contributed by atoms with Gasteiger partial charge in [0.15, 0.2) is 0 Å². The molecule has 4 nitrogen and oxygen atoms in total. The fourth-order valence-corrected chi connectivity index (χ4v) is 1.24. The molecule has 0 heterocycles. The lowest BCUT2D eigenvalue weighted by atomic mass is 10.1. The van der Waals surface area contributed by atoms with Crippen LogP contribution in [0, 0.1) is 0 Å². The molecular formula is C11H15NO3. The average molecular weight is 209 g/mol. The van der Waals surface area contributed by atoms with Crippen molar-refractivity contribution in [2.45, 2.75) is 12.8 Å². The van der Waals surface area contributed by atoms with E-state index < -0.39 is 6.09 Å². The first kappa shape index (κ1) is 11.4. The monoisotopic (exact) mass is 209 g/mol. The third-order valence-corrected chi connectivity index (χ3v) is 2.01. The molecule has 82 valence electrons. The molecule has 1 aromatic rings. The SMILES string of the molecule is COc1ccc(CCCOC(N)=O)cc1. The number of ether oxygens (including phenoxy) is 2. The zero-order valence-electron chi connectivity index (χ0n) is 8.73. The van der Waals surface area contributed by atoms with Gasteiger partial charge in [0.05, 0.1) is 13.7 Å². The van der Waals surface area contributed by atoms with E-state index in [9.17, 15) is 4.79 Å². The molecule has 0 aromatic heterocycles. The molecule has 0 radical (unpaired) electrons. The van der Waals surface area contributed by atoms with Crippen molar-refractivity contribution in [3.63, 3.8) is 0 Å². The first-order valence-corrected chi connectivity index (χ1v) is 4.77. The zero-order valence-corrected chi connectivity index (χ0v) is 8.73. The van der Waals surface area contributed by atoms with Crippen LogP contribution in [-0.2, 0) is 11.2 Å². The molecule has 0 saturated heterocycles. The van der Waals surface area contributed by atoms with Gasteiger partial charge in [-0.25, -0.2) is 4.79 Å². The van der Waals surface area contributed by atoms with Crippen molar-refractivity contribution in [2.24, 2.45) is 5.73 Å². The third-order valence-electron chi connectivity index (χ3n) is 2.01. The Balaban J connectivity index is 2.28. The van der Waals surface area contributed by atoms with E-state index in [1.165, 1.54) is 5.56 Å². The van der Waals surface area contributed by atoms with E-state index in [4.69, 9.17) is 10.5 Å². The van der Waals surface area contributed by atoms with Gasteiger partial charge in [-0.2, -0.15) is 0 Å². The number of carbonyl (C=O) groups is 1. The maximum atomic E-state index is 10.3. The van der Waals surface area contributed by atoms with Gasteiger partial charge in [-0.3, -0.25) is 0 Å². The van der Waals surface area contributed by atoms with Gasteiger partial charge in [0, 0.05) is 0 Å². The van der Waals surface area contributed by atoms with Gasteiger partial charge in [-0.05, 0) is 30.5 Å². The number of hydrogen-bond donors (Lipinski definition) is 1. The Kier molecular flexibility index (Phi) is 4.47. The van der Waals surface area contributed by atoms with Crippen molar-refractivity contribution >= 4 is 6.09 Å². The summed E-state index contributed by atoms with van der Waals surface area (Å²) in [6.45, 7) is 0.362. The van der Waals surface area contributed by atoms with Crippen molar-refractivity contribution in [1.29, 1.82) is 0 Å². The Morgan fingerprint density at radius 3 is 2.53 bits per heavy atom. The normalized spacial score (nSPS) is 9.67. The molecule has 2 N–H and O–H groups in total. The Morgan fingerprint density at radius 2 is 2.00 bits per heavy atom. The highest BCUT2D eigenvalue weighted by Crippen LogP contribution is 2.12. The summed E-state index contributed by atoms with van der Waals surface area (Å²) in [7, 11) is 1.63. The maximum absolute atomic E-state index is 10.3. The number of amides is 1. The Labute approximate surface area is 89.0 Å². The molecule has 0 unspecified atom stereocenters. The molecule has 4 heteroatoms. The maximum Gasteiger partial charge on any atom is 0.404 e. The minimum Gasteiger partial charge on any atom is -0.497 e. The van der Waals surface area contributed by atoms with Gasteiger partial charge < -0.3 is 15.2 Å². The summed E-state index contributed by atoms with van der Waals surface area (Å²) in [5, 5.41) is 0. The number of methoxy groups -OCH3 is 1. The van der Waals surface area contributed by atoms with E-state index in [0.29, 0.717) is 6.61 Å². The number of hydrogen-bond acceptors (Lipinski definition) is 3. The van der Waals surface area contributed by atoms with Gasteiger partial charge in [-0.15, -0.1) is 0 Å². The smallest absolute Gasteiger partial charge is 0.404 e. The van der Waals surface area contributed by atoms with E-state index in [1.807, 2.05) is 24.3 Å². The van der Waals surface area contributed by atoms with Crippen LogP contribution in [-0.4, -0.2) is 19.8 Å². The first-order chi connectivity index (χ1) is 7.22. The highest BCUT2D eigenvalue weighted by Gasteiger charge is 1.96. The van der Waals surface area contributed by atoms with Crippen LogP contribution in [0.3, 0.4) is 0 Å². The summed E-state index contributed by atoms with van der Waals surface area (Å²) in [5.41, 5.74) is 6.02. The predicted molar refractivity (Wildman–Crippen MR) is 56.9 cm³/mol. The highest BCUT2D eigenvalue weighted by atomic mass is 16.5. The van der Waals surface area contributed by atoms with Crippen LogP contribution in [0.4, 0.5) is 4.79 Å². The standard InChI is InChI=1S/C11H15NO3/c1-14-10-6-4-9(5-7-10)3-2-8-15-11(12)13/h4-7H,2-3,8H2,1H3,(H2,12,13). The summed E-state index contributed by atoms with van der Waals surface area (Å²) in [6, 6.07) is 7.79. The second kappa shape index (κ2) is 5.90. The number of aryl methyl sites for hydroxylation is 1.